The van der Waals surface area contributed by atoms with Crippen molar-refractivity contribution in [3.63, 3.8) is 0 Å². The van der Waals surface area contributed by atoms with Crippen molar-refractivity contribution in [3.8, 4) is 5.88 Å². The molecule has 1 aromatic heterocycles. The Morgan fingerprint density at radius 1 is 1.62 bits per heavy atom. The summed E-state index contributed by atoms with van der Waals surface area (Å²) >= 11 is 0. The van der Waals surface area contributed by atoms with Crippen LogP contribution in [0.5, 0.6) is 5.88 Å². The summed E-state index contributed by atoms with van der Waals surface area (Å²) in [6.45, 7) is 4.20. The molecule has 0 aliphatic carbocycles. The lowest BCUT2D eigenvalue weighted by atomic mass is 10.4. The molecule has 4 nitrogen and oxygen atoms in total. The Balaban J connectivity index is 2.50. The molecule has 0 radical (unpaired) electrons. The van der Waals surface area contributed by atoms with E-state index in [4.69, 9.17) is 4.74 Å². The van der Waals surface area contributed by atoms with Gasteiger partial charge in [-0.05, 0) is 6.42 Å². The molecular formula is C9H13N3O. The van der Waals surface area contributed by atoms with E-state index in [1.54, 1.807) is 19.2 Å². The van der Waals surface area contributed by atoms with Gasteiger partial charge in [-0.15, -0.1) is 6.58 Å². The summed E-state index contributed by atoms with van der Waals surface area (Å²) < 4.78 is 5.33. The van der Waals surface area contributed by atoms with Crippen LogP contribution in [0.2, 0.25) is 0 Å². The summed E-state index contributed by atoms with van der Waals surface area (Å²) in [7, 11) is 1.80. The van der Waals surface area contributed by atoms with Crippen LogP contribution in [-0.2, 0) is 0 Å². The summed E-state index contributed by atoms with van der Waals surface area (Å²) in [5, 5.41) is 2.91. The van der Waals surface area contributed by atoms with Gasteiger partial charge in [0.15, 0.2) is 0 Å². The first-order valence-corrected chi connectivity index (χ1v) is 4.10. The molecule has 70 valence electrons. The molecule has 4 heteroatoms. The third-order valence-corrected chi connectivity index (χ3v) is 1.47. The Labute approximate surface area is 77.7 Å². The van der Waals surface area contributed by atoms with Crippen molar-refractivity contribution >= 4 is 5.82 Å². The maximum Gasteiger partial charge on any atom is 0.218 e. The van der Waals surface area contributed by atoms with Crippen molar-refractivity contribution in [2.45, 2.75) is 6.42 Å². The molecule has 0 aromatic carbocycles. The van der Waals surface area contributed by atoms with Crippen LogP contribution in [0.4, 0.5) is 5.82 Å². The lowest BCUT2D eigenvalue weighted by molar-refractivity contribution is 0.312. The van der Waals surface area contributed by atoms with E-state index in [1.807, 2.05) is 0 Å². The van der Waals surface area contributed by atoms with E-state index in [0.717, 1.165) is 12.2 Å². The summed E-state index contributed by atoms with van der Waals surface area (Å²) in [6, 6.07) is 1.75. The molecule has 0 bridgehead atoms. The van der Waals surface area contributed by atoms with Crippen LogP contribution in [0.3, 0.4) is 0 Å². The van der Waals surface area contributed by atoms with Gasteiger partial charge in [0.25, 0.3) is 0 Å². The highest BCUT2D eigenvalue weighted by Crippen LogP contribution is 2.09. The number of nitrogens with one attached hydrogen (secondary N) is 1. The minimum atomic E-state index is 0.584. The van der Waals surface area contributed by atoms with Gasteiger partial charge in [-0.25, -0.2) is 9.97 Å². The van der Waals surface area contributed by atoms with Crippen LogP contribution in [0.15, 0.2) is 25.0 Å². The third kappa shape index (κ3) is 3.11. The summed E-state index contributed by atoms with van der Waals surface area (Å²) in [5.74, 6) is 1.34. The van der Waals surface area contributed by atoms with Gasteiger partial charge in [-0.1, -0.05) is 6.08 Å². The van der Waals surface area contributed by atoms with E-state index >= 15 is 0 Å². The first-order valence-electron chi connectivity index (χ1n) is 4.10. The average molecular weight is 179 g/mol. The van der Waals surface area contributed by atoms with Crippen LogP contribution in [0, 0.1) is 0 Å². The number of nitrogens with zero attached hydrogens (tertiary/aromatic N) is 2. The molecule has 0 saturated heterocycles. The normalized spacial score (nSPS) is 9.31. The Morgan fingerprint density at radius 2 is 2.46 bits per heavy atom. The number of anilines is 1. The van der Waals surface area contributed by atoms with Gasteiger partial charge in [-0.3, -0.25) is 0 Å². The predicted octanol–water partition coefficient (Wildman–Crippen LogP) is 1.47. The van der Waals surface area contributed by atoms with Crippen molar-refractivity contribution in [1.82, 2.24) is 9.97 Å². The van der Waals surface area contributed by atoms with Crippen LogP contribution < -0.4 is 10.1 Å². The standard InChI is InChI=1S/C9H13N3O/c1-3-4-5-13-9-6-8(10-2)11-7-12-9/h3,6-7H,1,4-5H2,2H3,(H,10,11,12). The predicted molar refractivity (Wildman–Crippen MR) is 51.9 cm³/mol. The second-order valence-electron chi connectivity index (χ2n) is 2.42. The summed E-state index contributed by atoms with van der Waals surface area (Å²) in [4.78, 5) is 7.92. The van der Waals surface area contributed by atoms with E-state index in [1.165, 1.54) is 6.33 Å². The lowest BCUT2D eigenvalue weighted by Crippen LogP contribution is -1.99. The molecule has 0 aliphatic rings. The minimum Gasteiger partial charge on any atom is -0.477 e. The van der Waals surface area contributed by atoms with Crippen LogP contribution in [0.25, 0.3) is 0 Å². The van der Waals surface area contributed by atoms with Crippen molar-refractivity contribution in [3.05, 3.63) is 25.0 Å². The first-order chi connectivity index (χ1) is 6.36. The molecule has 0 fully saturated rings. The molecule has 0 unspecified atom stereocenters. The molecule has 0 saturated carbocycles. The second kappa shape index (κ2) is 5.13. The Bertz CT molecular complexity index is 275. The molecule has 0 spiro atoms. The van der Waals surface area contributed by atoms with Crippen molar-refractivity contribution in [1.29, 1.82) is 0 Å². The molecular weight excluding hydrogens is 166 g/mol. The Morgan fingerprint density at radius 3 is 3.15 bits per heavy atom. The van der Waals surface area contributed by atoms with Gasteiger partial charge in [-0.2, -0.15) is 0 Å². The quantitative estimate of drug-likeness (QED) is 0.549. The van der Waals surface area contributed by atoms with Gasteiger partial charge in [0.05, 0.1) is 6.61 Å². The molecule has 0 aliphatic heterocycles. The second-order valence-corrected chi connectivity index (χ2v) is 2.42. The number of ether oxygens (including phenoxy) is 1. The van der Waals surface area contributed by atoms with Crippen molar-refractivity contribution < 1.29 is 4.74 Å². The lowest BCUT2D eigenvalue weighted by Gasteiger charge is -2.04. The topological polar surface area (TPSA) is 47.0 Å². The van der Waals surface area contributed by atoms with Gasteiger partial charge < -0.3 is 10.1 Å². The number of hydrogen-bond acceptors (Lipinski definition) is 4. The van der Waals surface area contributed by atoms with Crippen molar-refractivity contribution in [2.24, 2.45) is 0 Å². The van der Waals surface area contributed by atoms with E-state index < -0.39 is 0 Å². The van der Waals surface area contributed by atoms with Gasteiger partial charge in [0.1, 0.15) is 12.1 Å². The molecule has 1 aromatic rings. The Hall–Kier alpha value is -1.58. The monoisotopic (exact) mass is 179 g/mol. The fourth-order valence-corrected chi connectivity index (χ4v) is 0.802. The zero-order chi connectivity index (χ0) is 9.52. The van der Waals surface area contributed by atoms with Crippen LogP contribution in [0.1, 0.15) is 6.42 Å². The van der Waals surface area contributed by atoms with Gasteiger partial charge >= 0.3 is 0 Å². The summed E-state index contributed by atoms with van der Waals surface area (Å²) in [5.41, 5.74) is 0. The number of hydrogen-bond donors (Lipinski definition) is 1. The maximum atomic E-state index is 5.33. The molecule has 1 heterocycles. The van der Waals surface area contributed by atoms with E-state index in [9.17, 15) is 0 Å². The SMILES string of the molecule is C=CCCOc1cc(NC)ncn1. The van der Waals surface area contributed by atoms with Gasteiger partial charge in [0.2, 0.25) is 5.88 Å². The summed E-state index contributed by atoms with van der Waals surface area (Å²) in [6.07, 6.45) is 4.09. The van der Waals surface area contributed by atoms with Crippen molar-refractivity contribution in [2.75, 3.05) is 19.0 Å². The van der Waals surface area contributed by atoms with Gasteiger partial charge in [0, 0.05) is 13.1 Å². The fourth-order valence-electron chi connectivity index (χ4n) is 0.802. The molecule has 0 atom stereocenters. The minimum absolute atomic E-state index is 0.584. The first kappa shape index (κ1) is 9.51. The Kier molecular flexibility index (Phi) is 3.75. The smallest absolute Gasteiger partial charge is 0.218 e. The molecule has 1 N–H and O–H groups in total. The number of aromatic nitrogens is 2. The van der Waals surface area contributed by atoms with E-state index in [0.29, 0.717) is 12.5 Å². The average Bonchev–Trinajstić information content (AvgIpc) is 2.19. The fraction of sp³-hybridized carbons (Fsp3) is 0.333. The molecule has 13 heavy (non-hydrogen) atoms. The largest absolute Gasteiger partial charge is 0.477 e. The molecule has 1 rings (SSSR count). The maximum absolute atomic E-state index is 5.33. The zero-order valence-corrected chi connectivity index (χ0v) is 7.66. The highest BCUT2D eigenvalue weighted by Gasteiger charge is 1.96. The third-order valence-electron chi connectivity index (χ3n) is 1.47. The van der Waals surface area contributed by atoms with Crippen LogP contribution in [-0.4, -0.2) is 23.6 Å². The molecule has 0 amide bonds. The highest BCUT2D eigenvalue weighted by molar-refractivity contribution is 5.35. The highest BCUT2D eigenvalue weighted by atomic mass is 16.5. The van der Waals surface area contributed by atoms with E-state index in [-0.39, 0.29) is 0 Å². The number of rotatable bonds is 5. The zero-order valence-electron chi connectivity index (χ0n) is 7.66. The van der Waals surface area contributed by atoms with E-state index in [2.05, 4.69) is 21.9 Å². The van der Waals surface area contributed by atoms with Crippen LogP contribution >= 0.6 is 0 Å².